The fourth-order valence-corrected chi connectivity index (χ4v) is 2.57. The molecule has 0 fully saturated rings. The van der Waals surface area contributed by atoms with Crippen LogP contribution in [0.4, 0.5) is 21.7 Å². The van der Waals surface area contributed by atoms with E-state index in [4.69, 9.17) is 16.7 Å². The van der Waals surface area contributed by atoms with Crippen LogP contribution in [-0.4, -0.2) is 37.6 Å². The number of fused-ring (bicyclic) bond motifs is 1. The van der Waals surface area contributed by atoms with Crippen LogP contribution in [0.5, 0.6) is 0 Å². The summed E-state index contributed by atoms with van der Waals surface area (Å²) in [7, 11) is 0. The molecule has 0 radical (unpaired) electrons. The lowest BCUT2D eigenvalue weighted by Crippen LogP contribution is -2.03. The summed E-state index contributed by atoms with van der Waals surface area (Å²) >= 11 is 5.82. The first-order chi connectivity index (χ1) is 14.5. The largest absolute Gasteiger partial charge is 0.478 e. The van der Waals surface area contributed by atoms with Crippen molar-refractivity contribution in [2.75, 3.05) is 10.7 Å². The Morgan fingerprint density at radius 3 is 2.47 bits per heavy atom. The molecule has 0 aliphatic heterocycles. The SMILES string of the molecule is O=C(O)c1ccc(C=NNc2nc3nonc3nc2Nc2ccc(F)c(Cl)c2)cc1. The van der Waals surface area contributed by atoms with Crippen molar-refractivity contribution in [3.05, 3.63) is 64.4 Å². The number of hydrogen-bond donors (Lipinski definition) is 3. The van der Waals surface area contributed by atoms with Crippen molar-refractivity contribution in [1.82, 2.24) is 20.3 Å². The maximum absolute atomic E-state index is 13.4. The van der Waals surface area contributed by atoms with Crippen LogP contribution in [0.1, 0.15) is 15.9 Å². The second-order valence-corrected chi connectivity index (χ2v) is 6.29. The average Bonchev–Trinajstić information content (AvgIpc) is 3.18. The van der Waals surface area contributed by atoms with Crippen molar-refractivity contribution in [3.8, 4) is 0 Å². The maximum atomic E-state index is 13.4. The Bertz CT molecular complexity index is 1260. The number of nitrogens with one attached hydrogen (secondary N) is 2. The summed E-state index contributed by atoms with van der Waals surface area (Å²) in [5.41, 5.74) is 4.32. The van der Waals surface area contributed by atoms with Crippen molar-refractivity contribution in [1.29, 1.82) is 0 Å². The summed E-state index contributed by atoms with van der Waals surface area (Å²) in [4.78, 5) is 19.4. The Hall–Kier alpha value is -4.12. The second-order valence-electron chi connectivity index (χ2n) is 5.88. The van der Waals surface area contributed by atoms with E-state index in [0.29, 0.717) is 11.3 Å². The fourth-order valence-electron chi connectivity index (χ4n) is 2.39. The van der Waals surface area contributed by atoms with E-state index in [9.17, 15) is 9.18 Å². The van der Waals surface area contributed by atoms with Crippen LogP contribution in [0.15, 0.2) is 52.2 Å². The Labute approximate surface area is 172 Å². The summed E-state index contributed by atoms with van der Waals surface area (Å²) in [5, 5.41) is 23.2. The first-order valence-electron chi connectivity index (χ1n) is 8.34. The zero-order valence-electron chi connectivity index (χ0n) is 14.9. The lowest BCUT2D eigenvalue weighted by Gasteiger charge is -2.09. The second kappa shape index (κ2) is 8.09. The molecule has 0 spiro atoms. The molecule has 3 N–H and O–H groups in total. The van der Waals surface area contributed by atoms with Gasteiger partial charge in [-0.2, -0.15) is 10.1 Å². The van der Waals surface area contributed by atoms with E-state index in [2.05, 4.69) is 40.8 Å². The quantitative estimate of drug-likeness (QED) is 0.310. The topological polar surface area (TPSA) is 138 Å². The smallest absolute Gasteiger partial charge is 0.335 e. The number of benzene rings is 2. The van der Waals surface area contributed by atoms with E-state index in [1.165, 1.54) is 36.5 Å². The van der Waals surface area contributed by atoms with Gasteiger partial charge in [-0.1, -0.05) is 23.7 Å². The van der Waals surface area contributed by atoms with Gasteiger partial charge in [-0.15, -0.1) is 0 Å². The molecule has 0 saturated carbocycles. The zero-order chi connectivity index (χ0) is 21.1. The third-order valence-electron chi connectivity index (χ3n) is 3.84. The standard InChI is InChI=1S/C18H11ClFN7O3/c19-12-7-11(5-6-13(12)20)22-14-15(24-17-16(23-14)26-30-27-17)25-21-8-9-1-3-10(4-2-9)18(28)29/h1-8H,(H,28,29)(H,22,23,26)(H,24,25,27). The van der Waals surface area contributed by atoms with Gasteiger partial charge in [0.1, 0.15) is 5.82 Å². The monoisotopic (exact) mass is 427 g/mol. The number of anilines is 3. The van der Waals surface area contributed by atoms with Crippen molar-refractivity contribution in [3.63, 3.8) is 0 Å². The predicted octanol–water partition coefficient (Wildman–Crippen LogP) is 3.69. The number of hydrogen-bond acceptors (Lipinski definition) is 9. The highest BCUT2D eigenvalue weighted by atomic mass is 35.5. The normalized spacial score (nSPS) is 11.1. The van der Waals surface area contributed by atoms with Crippen molar-refractivity contribution >= 4 is 52.4 Å². The summed E-state index contributed by atoms with van der Waals surface area (Å²) in [6, 6.07) is 10.2. The number of carboxylic acid groups (broad SMARTS) is 1. The number of hydrazone groups is 1. The van der Waals surface area contributed by atoms with Gasteiger partial charge in [0, 0.05) is 5.69 Å². The van der Waals surface area contributed by atoms with E-state index >= 15 is 0 Å². The highest BCUT2D eigenvalue weighted by Crippen LogP contribution is 2.26. The van der Waals surface area contributed by atoms with Gasteiger partial charge in [0.05, 0.1) is 16.8 Å². The minimum atomic E-state index is -1.02. The maximum Gasteiger partial charge on any atom is 0.335 e. The average molecular weight is 428 g/mol. The molecule has 0 saturated heterocycles. The molecule has 0 amide bonds. The van der Waals surface area contributed by atoms with E-state index < -0.39 is 11.8 Å². The first-order valence-corrected chi connectivity index (χ1v) is 8.72. The van der Waals surface area contributed by atoms with Gasteiger partial charge in [-0.05, 0) is 46.2 Å². The molecule has 12 heteroatoms. The lowest BCUT2D eigenvalue weighted by molar-refractivity contribution is 0.0697. The summed E-state index contributed by atoms with van der Waals surface area (Å²) in [6.45, 7) is 0. The van der Waals surface area contributed by atoms with Crippen LogP contribution in [0.3, 0.4) is 0 Å². The minimum Gasteiger partial charge on any atom is -0.478 e. The molecule has 2 heterocycles. The number of aromatic carboxylic acids is 1. The van der Waals surface area contributed by atoms with Crippen molar-refractivity contribution in [2.24, 2.45) is 5.10 Å². The molecule has 0 atom stereocenters. The third-order valence-corrected chi connectivity index (χ3v) is 4.13. The number of carboxylic acids is 1. The van der Waals surface area contributed by atoms with E-state index in [1.807, 2.05) is 0 Å². The van der Waals surface area contributed by atoms with Crippen LogP contribution in [0.2, 0.25) is 5.02 Å². The highest BCUT2D eigenvalue weighted by Gasteiger charge is 2.13. The van der Waals surface area contributed by atoms with Crippen molar-refractivity contribution < 1.29 is 18.9 Å². The van der Waals surface area contributed by atoms with Crippen LogP contribution >= 0.6 is 11.6 Å². The molecule has 10 nitrogen and oxygen atoms in total. The molecule has 4 rings (SSSR count). The zero-order valence-corrected chi connectivity index (χ0v) is 15.6. The molecular weight excluding hydrogens is 417 g/mol. The van der Waals surface area contributed by atoms with Crippen molar-refractivity contribution in [2.45, 2.75) is 0 Å². The Kier molecular flexibility index (Phi) is 5.18. The van der Waals surface area contributed by atoms with Gasteiger partial charge in [-0.3, -0.25) is 5.43 Å². The molecule has 0 aliphatic rings. The molecule has 150 valence electrons. The lowest BCUT2D eigenvalue weighted by atomic mass is 10.1. The fraction of sp³-hybridized carbons (Fsp3) is 0. The summed E-state index contributed by atoms with van der Waals surface area (Å²) in [5.74, 6) is -1.16. The van der Waals surface area contributed by atoms with E-state index in [0.717, 1.165) is 0 Å². The summed E-state index contributed by atoms with van der Waals surface area (Å²) in [6.07, 6.45) is 1.47. The molecule has 4 aromatic rings. The molecule has 30 heavy (non-hydrogen) atoms. The minimum absolute atomic E-state index is 0.0607. The highest BCUT2D eigenvalue weighted by molar-refractivity contribution is 6.31. The number of halogens is 2. The molecule has 0 bridgehead atoms. The van der Waals surface area contributed by atoms with Gasteiger partial charge < -0.3 is 10.4 Å². The molecule has 2 aromatic heterocycles. The number of aromatic nitrogens is 4. The molecular formula is C18H11ClFN7O3. The van der Waals surface area contributed by atoms with Gasteiger partial charge in [0.25, 0.3) is 0 Å². The van der Waals surface area contributed by atoms with Gasteiger partial charge >= 0.3 is 5.97 Å². The molecule has 0 unspecified atom stereocenters. The Morgan fingerprint density at radius 1 is 1.10 bits per heavy atom. The van der Waals surface area contributed by atoms with Crippen LogP contribution in [0, 0.1) is 5.82 Å². The van der Waals surface area contributed by atoms with E-state index in [-0.39, 0.29) is 33.5 Å². The van der Waals surface area contributed by atoms with Crippen LogP contribution < -0.4 is 10.7 Å². The number of rotatable bonds is 6. The van der Waals surface area contributed by atoms with E-state index in [1.54, 1.807) is 12.1 Å². The number of carbonyl (C=O) groups is 1. The van der Waals surface area contributed by atoms with Gasteiger partial charge in [-0.25, -0.2) is 18.8 Å². The van der Waals surface area contributed by atoms with Crippen LogP contribution in [0.25, 0.3) is 11.3 Å². The van der Waals surface area contributed by atoms with Gasteiger partial charge in [0.2, 0.25) is 11.3 Å². The number of nitrogens with zero attached hydrogens (tertiary/aromatic N) is 5. The molecule has 0 aliphatic carbocycles. The summed E-state index contributed by atoms with van der Waals surface area (Å²) < 4.78 is 18.0. The molecule has 2 aromatic carbocycles. The Morgan fingerprint density at radius 2 is 1.80 bits per heavy atom. The van der Waals surface area contributed by atoms with Crippen LogP contribution in [-0.2, 0) is 0 Å². The van der Waals surface area contributed by atoms with Gasteiger partial charge in [0.15, 0.2) is 11.6 Å². The third kappa shape index (κ3) is 4.15. The predicted molar refractivity (Wildman–Crippen MR) is 107 cm³/mol. The Balaban J connectivity index is 1.59. The first kappa shape index (κ1) is 19.2.